The van der Waals surface area contributed by atoms with Crippen LogP contribution < -0.4 is 11.5 Å². The zero-order valence-corrected chi connectivity index (χ0v) is 27.8. The number of hydrogen-bond acceptors (Lipinski definition) is 7. The second kappa shape index (κ2) is 11.0. The monoisotopic (exact) mass is 646 g/mol. The number of amides is 1. The van der Waals surface area contributed by atoms with E-state index in [9.17, 15) is 9.59 Å². The molecule has 42 heavy (non-hydrogen) atoms. The third-order valence-electron chi connectivity index (χ3n) is 10.4. The third-order valence-corrected chi connectivity index (χ3v) is 13.5. The van der Waals surface area contributed by atoms with Crippen LogP contribution in [-0.4, -0.2) is 64.9 Å². The van der Waals surface area contributed by atoms with Crippen molar-refractivity contribution in [1.82, 2.24) is 9.80 Å². The lowest BCUT2D eigenvalue weighted by Gasteiger charge is -2.67. The van der Waals surface area contributed by atoms with Gasteiger partial charge in [0.05, 0.1) is 15.9 Å². The Morgan fingerprint density at radius 2 is 1.60 bits per heavy atom. The number of carbonyl (C=O) groups is 2. The molecule has 3 fully saturated rings. The molecule has 4 aliphatic heterocycles. The summed E-state index contributed by atoms with van der Waals surface area (Å²) < 4.78 is 0. The molecule has 9 aliphatic rings. The van der Waals surface area contributed by atoms with Gasteiger partial charge in [-0.15, -0.1) is 46.7 Å². The van der Waals surface area contributed by atoms with Crippen LogP contribution in [-0.2, 0) is 9.59 Å². The molecule has 2 bridgehead atoms. The average molecular weight is 648 g/mol. The largest absolute Gasteiger partial charge is 0.401 e. The lowest BCUT2D eigenvalue weighted by molar-refractivity contribution is -0.205. The Balaban J connectivity index is 0.000000148. The van der Waals surface area contributed by atoms with Crippen LogP contribution in [0.15, 0.2) is 68.0 Å². The lowest BCUT2D eigenvalue weighted by Crippen LogP contribution is -2.68. The predicted molar refractivity (Wildman–Crippen MR) is 176 cm³/mol. The van der Waals surface area contributed by atoms with E-state index in [0.717, 1.165) is 62.2 Å². The fraction of sp³-hybridized carbons (Fsp3) is 0.562. The summed E-state index contributed by atoms with van der Waals surface area (Å²) in [5.41, 5.74) is 22.0. The molecule has 4 N–H and O–H groups in total. The Morgan fingerprint density at radius 3 is 2.19 bits per heavy atom. The first-order valence-electron chi connectivity index (χ1n) is 14.6. The molecule has 10 heteroatoms. The van der Waals surface area contributed by atoms with Gasteiger partial charge in [-0.3, -0.25) is 4.79 Å². The van der Waals surface area contributed by atoms with Gasteiger partial charge >= 0.3 is 0 Å². The molecule has 0 aromatic rings. The topological polar surface area (TPSA) is 92.7 Å². The van der Waals surface area contributed by atoms with Crippen LogP contribution in [0.1, 0.15) is 39.5 Å². The third kappa shape index (κ3) is 4.37. The zero-order valence-electron chi connectivity index (χ0n) is 24.7. The van der Waals surface area contributed by atoms with Crippen LogP contribution in [0.4, 0.5) is 0 Å². The molecule has 4 heterocycles. The molecule has 5 atom stereocenters. The summed E-state index contributed by atoms with van der Waals surface area (Å²) in [6.45, 7) is 6.17. The van der Waals surface area contributed by atoms with Crippen molar-refractivity contribution in [1.29, 1.82) is 0 Å². The average Bonchev–Trinajstić information content (AvgIpc) is 3.70. The van der Waals surface area contributed by atoms with E-state index in [1.165, 1.54) is 34.4 Å². The van der Waals surface area contributed by atoms with Crippen molar-refractivity contribution in [3.05, 3.63) is 68.0 Å². The minimum Gasteiger partial charge on any atom is -0.401 e. The lowest BCUT2D eigenvalue weighted by atomic mass is 9.35. The molecule has 0 radical (unpaired) electrons. The van der Waals surface area contributed by atoms with Gasteiger partial charge in [0.15, 0.2) is 0 Å². The molecule has 3 saturated carbocycles. The Morgan fingerprint density at radius 1 is 1.02 bits per heavy atom. The van der Waals surface area contributed by atoms with Crippen LogP contribution in [0.5, 0.6) is 0 Å². The highest BCUT2D eigenvalue weighted by atomic mass is 35.5. The first-order chi connectivity index (χ1) is 20.1. The van der Waals surface area contributed by atoms with Crippen molar-refractivity contribution in [2.24, 2.45) is 40.1 Å². The molecule has 0 spiro atoms. The Kier molecular flexibility index (Phi) is 7.94. The van der Waals surface area contributed by atoms with Crippen molar-refractivity contribution >= 4 is 58.9 Å². The maximum absolute atomic E-state index is 13.1. The molecule has 5 unspecified atom stereocenters. The van der Waals surface area contributed by atoms with Crippen LogP contribution in [0, 0.1) is 28.6 Å². The van der Waals surface area contributed by atoms with Gasteiger partial charge in [-0.2, -0.15) is 0 Å². The van der Waals surface area contributed by atoms with Gasteiger partial charge in [-0.25, -0.2) is 0 Å². The maximum Gasteiger partial charge on any atom is 0.233 e. The number of halogens is 2. The van der Waals surface area contributed by atoms with Crippen molar-refractivity contribution in [3.8, 4) is 0 Å². The number of thioether (sulfide) groups is 2. The molecule has 0 aromatic carbocycles. The molecular formula is C32H40Cl2N4O2S2. The highest BCUT2D eigenvalue weighted by Gasteiger charge is 2.72. The number of nitrogens with two attached hydrogens (primary N) is 2. The highest BCUT2D eigenvalue weighted by Crippen LogP contribution is 2.73. The van der Waals surface area contributed by atoms with Crippen LogP contribution in [0.25, 0.3) is 0 Å². The van der Waals surface area contributed by atoms with E-state index in [4.69, 9.17) is 23.1 Å². The number of nitrogens with zero attached hydrogens (tertiary/aromatic N) is 2. The van der Waals surface area contributed by atoms with Crippen molar-refractivity contribution in [2.75, 3.05) is 32.4 Å². The van der Waals surface area contributed by atoms with E-state index in [0.29, 0.717) is 34.1 Å². The maximum atomic E-state index is 13.1. The first-order valence-corrected chi connectivity index (χ1v) is 17.8. The van der Waals surface area contributed by atoms with E-state index >= 15 is 0 Å². The summed E-state index contributed by atoms with van der Waals surface area (Å²) in [5, 5.41) is 5.20. The molecule has 9 rings (SSSR count). The van der Waals surface area contributed by atoms with Gasteiger partial charge in [0.1, 0.15) is 6.29 Å². The fourth-order valence-corrected chi connectivity index (χ4v) is 11.4. The highest BCUT2D eigenvalue weighted by molar-refractivity contribution is 8.03. The number of aldehydes is 1. The Bertz CT molecular complexity index is 1390. The fourth-order valence-electron chi connectivity index (χ4n) is 8.58. The van der Waals surface area contributed by atoms with Gasteiger partial charge in [0, 0.05) is 78.4 Å². The van der Waals surface area contributed by atoms with Crippen molar-refractivity contribution in [3.63, 3.8) is 0 Å². The van der Waals surface area contributed by atoms with Crippen LogP contribution >= 0.6 is 46.7 Å². The second-order valence-corrected chi connectivity index (χ2v) is 15.4. The summed E-state index contributed by atoms with van der Waals surface area (Å²) in [4.78, 5) is 28.4. The number of carbonyl (C=O) groups excluding carboxylic acids is 2. The Labute approximate surface area is 267 Å². The summed E-state index contributed by atoms with van der Waals surface area (Å²) in [6, 6.07) is 0. The van der Waals surface area contributed by atoms with Crippen molar-refractivity contribution in [2.45, 2.75) is 50.0 Å². The van der Waals surface area contributed by atoms with Gasteiger partial charge in [0.2, 0.25) is 5.91 Å². The van der Waals surface area contributed by atoms with Gasteiger partial charge in [-0.05, 0) is 73.6 Å². The predicted octanol–water partition coefficient (Wildman–Crippen LogP) is 5.72. The van der Waals surface area contributed by atoms with Gasteiger partial charge in [0.25, 0.3) is 0 Å². The van der Waals surface area contributed by atoms with Gasteiger partial charge < -0.3 is 26.1 Å². The number of alkyl halides is 2. The molecule has 0 aromatic heterocycles. The van der Waals surface area contributed by atoms with Gasteiger partial charge in [-0.1, -0.05) is 11.1 Å². The number of fused-ring (bicyclic) bond motifs is 4. The van der Waals surface area contributed by atoms with Crippen LogP contribution in [0.2, 0.25) is 0 Å². The minimum atomic E-state index is -0.252. The molecule has 5 aliphatic carbocycles. The molecule has 226 valence electrons. The normalized spacial score (nSPS) is 38.2. The molecule has 0 saturated heterocycles. The zero-order chi connectivity index (χ0) is 30.1. The summed E-state index contributed by atoms with van der Waals surface area (Å²) in [7, 11) is 2.13. The van der Waals surface area contributed by atoms with Crippen molar-refractivity contribution < 1.29 is 9.59 Å². The first kappa shape index (κ1) is 30.3. The van der Waals surface area contributed by atoms with E-state index in [-0.39, 0.29) is 16.7 Å². The minimum absolute atomic E-state index is 0.166. The van der Waals surface area contributed by atoms with E-state index in [2.05, 4.69) is 54.3 Å². The molecule has 1 amide bonds. The smallest absolute Gasteiger partial charge is 0.233 e. The molecule has 6 nitrogen and oxygen atoms in total. The van der Waals surface area contributed by atoms with E-state index < -0.39 is 0 Å². The quantitative estimate of drug-likeness (QED) is 0.299. The number of likely N-dealkylation sites (N-methyl/N-ethyl adjacent to an activating group) is 1. The molecular weight excluding hydrogens is 607 g/mol. The SMILES string of the molecule is CC1=CSC2C(N)=CC3=C(C(CCl)CN3C)C12.CC1=CSC2C(N)=CC3=C(CCN3C(=O)C34CC(C=O)(C3)C4)C12.CCl. The summed E-state index contributed by atoms with van der Waals surface area (Å²) in [5.74, 6) is 2.26. The second-order valence-electron chi connectivity index (χ2n) is 13.1. The van der Waals surface area contributed by atoms with E-state index in [1.807, 2.05) is 22.7 Å². The number of allylic oxidation sites excluding steroid dienone is 4. The number of hydrogen-bond donors (Lipinski definition) is 2. The van der Waals surface area contributed by atoms with E-state index in [1.54, 1.807) is 11.8 Å². The summed E-state index contributed by atoms with van der Waals surface area (Å²) in [6.07, 6.45) is 9.92. The van der Waals surface area contributed by atoms with Crippen LogP contribution in [0.3, 0.4) is 0 Å². The standard InChI is InChI=1S/C18H20N2O2S.C13H17ClN2S.CH3Cl/c1-10-5-23-15-12(19)4-13-11(14(10)15)2-3-20(13)16(22)18-6-17(7-18,8-18)9-21;1-7-6-17-13-9(15)3-10-12(11(7)13)8(4-14)5-16(10)2;1-2/h4-5,9,14-15H,2-3,6-8,19H2,1H3;3,6,8,11,13H,4-5,15H2,1-2H3;1H3. The summed E-state index contributed by atoms with van der Waals surface area (Å²) >= 11 is 14.4. The number of rotatable bonds is 3. The Hall–Kier alpha value is -1.74.